The molecule has 2 unspecified atom stereocenters. The lowest BCUT2D eigenvalue weighted by Gasteiger charge is -2.33. The first-order chi connectivity index (χ1) is 9.67. The SMILES string of the molecule is C=CCCCCCCCCCN(C(C)CC)C(C)CC. The molecule has 1 heteroatoms. The number of allylic oxidation sites excluding steroid dienone is 1. The third-order valence-corrected chi connectivity index (χ3v) is 4.64. The van der Waals surface area contributed by atoms with Gasteiger partial charge >= 0.3 is 0 Å². The molecule has 0 fully saturated rings. The van der Waals surface area contributed by atoms with Gasteiger partial charge in [0.2, 0.25) is 0 Å². The maximum Gasteiger partial charge on any atom is 0.00671 e. The quantitative estimate of drug-likeness (QED) is 0.271. The monoisotopic (exact) mass is 281 g/mol. The zero-order chi connectivity index (χ0) is 15.2. The molecular weight excluding hydrogens is 242 g/mol. The highest BCUT2D eigenvalue weighted by molar-refractivity contribution is 4.72. The Morgan fingerprint density at radius 2 is 1.25 bits per heavy atom. The highest BCUT2D eigenvalue weighted by Crippen LogP contribution is 2.14. The molecule has 0 aromatic rings. The van der Waals surface area contributed by atoms with E-state index >= 15 is 0 Å². The van der Waals surface area contributed by atoms with Crippen molar-refractivity contribution < 1.29 is 0 Å². The van der Waals surface area contributed by atoms with Crippen molar-refractivity contribution in [1.29, 1.82) is 0 Å². The third-order valence-electron chi connectivity index (χ3n) is 4.64. The average molecular weight is 282 g/mol. The van der Waals surface area contributed by atoms with Crippen LogP contribution in [-0.4, -0.2) is 23.5 Å². The van der Waals surface area contributed by atoms with Crippen molar-refractivity contribution in [3.8, 4) is 0 Å². The van der Waals surface area contributed by atoms with Crippen LogP contribution < -0.4 is 0 Å². The van der Waals surface area contributed by atoms with Gasteiger partial charge in [0.15, 0.2) is 0 Å². The molecule has 1 nitrogen and oxygen atoms in total. The van der Waals surface area contributed by atoms with Gasteiger partial charge in [-0.3, -0.25) is 4.90 Å². The molecule has 0 aromatic carbocycles. The van der Waals surface area contributed by atoms with Crippen molar-refractivity contribution in [2.45, 2.75) is 104 Å². The van der Waals surface area contributed by atoms with Crippen molar-refractivity contribution in [1.82, 2.24) is 4.90 Å². The van der Waals surface area contributed by atoms with Gasteiger partial charge in [-0.15, -0.1) is 6.58 Å². The van der Waals surface area contributed by atoms with Crippen molar-refractivity contribution in [2.75, 3.05) is 6.54 Å². The van der Waals surface area contributed by atoms with Crippen LogP contribution in [0.1, 0.15) is 91.9 Å². The lowest BCUT2D eigenvalue weighted by atomic mass is 10.1. The summed E-state index contributed by atoms with van der Waals surface area (Å²) < 4.78 is 0. The van der Waals surface area contributed by atoms with Gasteiger partial charge < -0.3 is 0 Å². The first kappa shape index (κ1) is 19.7. The molecule has 0 heterocycles. The van der Waals surface area contributed by atoms with Gasteiger partial charge in [-0.2, -0.15) is 0 Å². The summed E-state index contributed by atoms with van der Waals surface area (Å²) in [5.41, 5.74) is 0. The number of hydrogen-bond donors (Lipinski definition) is 0. The minimum atomic E-state index is 0.740. The highest BCUT2D eigenvalue weighted by atomic mass is 15.2. The summed E-state index contributed by atoms with van der Waals surface area (Å²) in [6.07, 6.45) is 15.5. The Kier molecular flexibility index (Phi) is 13.5. The van der Waals surface area contributed by atoms with Crippen LogP contribution in [0.15, 0.2) is 12.7 Å². The van der Waals surface area contributed by atoms with Gasteiger partial charge in [-0.05, 0) is 52.5 Å². The molecule has 0 aliphatic carbocycles. The minimum Gasteiger partial charge on any atom is -0.298 e. The topological polar surface area (TPSA) is 3.24 Å². The summed E-state index contributed by atoms with van der Waals surface area (Å²) in [6, 6.07) is 1.48. The standard InChI is InChI=1S/C19H39N/c1-6-9-10-11-12-13-14-15-16-17-20(18(4)7-2)19(5)8-3/h6,18-19H,1,7-17H2,2-5H3. The summed E-state index contributed by atoms with van der Waals surface area (Å²) in [7, 11) is 0. The zero-order valence-electron chi connectivity index (χ0n) is 14.7. The maximum atomic E-state index is 3.77. The van der Waals surface area contributed by atoms with Gasteiger partial charge in [0.1, 0.15) is 0 Å². The van der Waals surface area contributed by atoms with Crippen molar-refractivity contribution >= 4 is 0 Å². The van der Waals surface area contributed by atoms with Crippen LogP contribution in [0.25, 0.3) is 0 Å². The molecule has 2 atom stereocenters. The molecule has 120 valence electrons. The predicted octanol–water partition coefficient (Wildman–Crippen LogP) is 6.19. The van der Waals surface area contributed by atoms with E-state index in [2.05, 4.69) is 39.2 Å². The fourth-order valence-corrected chi connectivity index (χ4v) is 2.81. The smallest absolute Gasteiger partial charge is 0.00671 e. The molecule has 0 spiro atoms. The Morgan fingerprint density at radius 1 is 0.800 bits per heavy atom. The number of hydrogen-bond acceptors (Lipinski definition) is 1. The summed E-state index contributed by atoms with van der Waals surface area (Å²) in [5.74, 6) is 0. The lowest BCUT2D eigenvalue weighted by Crippen LogP contribution is -2.40. The fourth-order valence-electron chi connectivity index (χ4n) is 2.81. The van der Waals surface area contributed by atoms with Crippen molar-refractivity contribution in [3.05, 3.63) is 12.7 Å². The Hall–Kier alpha value is -0.300. The van der Waals surface area contributed by atoms with Crippen LogP contribution in [0.2, 0.25) is 0 Å². The largest absolute Gasteiger partial charge is 0.298 e. The molecule has 0 saturated heterocycles. The van der Waals surface area contributed by atoms with E-state index in [0.29, 0.717) is 0 Å². The molecule has 0 aliphatic rings. The molecular formula is C19H39N. The number of nitrogens with zero attached hydrogens (tertiary/aromatic N) is 1. The van der Waals surface area contributed by atoms with Gasteiger partial charge in [0, 0.05) is 12.1 Å². The van der Waals surface area contributed by atoms with E-state index in [4.69, 9.17) is 0 Å². The maximum absolute atomic E-state index is 3.77. The molecule has 0 amide bonds. The van der Waals surface area contributed by atoms with Crippen LogP contribution >= 0.6 is 0 Å². The molecule has 0 aromatic heterocycles. The second kappa shape index (κ2) is 13.7. The Morgan fingerprint density at radius 3 is 1.70 bits per heavy atom. The summed E-state index contributed by atoms with van der Waals surface area (Å²) in [4.78, 5) is 2.71. The van der Waals surface area contributed by atoms with E-state index in [1.54, 1.807) is 0 Å². The Labute approximate surface area is 128 Å². The van der Waals surface area contributed by atoms with Gasteiger partial charge in [-0.25, -0.2) is 0 Å². The van der Waals surface area contributed by atoms with E-state index in [-0.39, 0.29) is 0 Å². The fraction of sp³-hybridized carbons (Fsp3) is 0.895. The van der Waals surface area contributed by atoms with E-state index in [9.17, 15) is 0 Å². The number of rotatable bonds is 14. The minimum absolute atomic E-state index is 0.740. The van der Waals surface area contributed by atoms with Crippen LogP contribution in [-0.2, 0) is 0 Å². The number of unbranched alkanes of at least 4 members (excludes halogenated alkanes) is 7. The average Bonchev–Trinajstić information content (AvgIpc) is 2.48. The Balaban J connectivity index is 3.61. The van der Waals surface area contributed by atoms with Crippen molar-refractivity contribution in [3.63, 3.8) is 0 Å². The molecule has 0 bridgehead atoms. The first-order valence-electron chi connectivity index (χ1n) is 9.03. The van der Waals surface area contributed by atoms with E-state index in [1.807, 2.05) is 6.08 Å². The van der Waals surface area contributed by atoms with Gasteiger partial charge in [0.05, 0.1) is 0 Å². The molecule has 20 heavy (non-hydrogen) atoms. The van der Waals surface area contributed by atoms with E-state index in [0.717, 1.165) is 12.1 Å². The molecule has 0 radical (unpaired) electrons. The van der Waals surface area contributed by atoms with Crippen LogP contribution in [0.5, 0.6) is 0 Å². The predicted molar refractivity (Wildman–Crippen MR) is 93.3 cm³/mol. The first-order valence-corrected chi connectivity index (χ1v) is 9.03. The van der Waals surface area contributed by atoms with Crippen molar-refractivity contribution in [2.24, 2.45) is 0 Å². The normalized spacial score (nSPS) is 14.4. The molecule has 0 saturated carbocycles. The van der Waals surface area contributed by atoms with Gasteiger partial charge in [0.25, 0.3) is 0 Å². The van der Waals surface area contributed by atoms with E-state index < -0.39 is 0 Å². The summed E-state index contributed by atoms with van der Waals surface area (Å²) in [5, 5.41) is 0. The molecule has 0 N–H and O–H groups in total. The van der Waals surface area contributed by atoms with Crippen LogP contribution in [0, 0.1) is 0 Å². The second-order valence-corrected chi connectivity index (χ2v) is 6.30. The molecule has 0 rings (SSSR count). The highest BCUT2D eigenvalue weighted by Gasteiger charge is 2.16. The summed E-state index contributed by atoms with van der Waals surface area (Å²) in [6.45, 7) is 14.4. The zero-order valence-corrected chi connectivity index (χ0v) is 14.7. The Bertz CT molecular complexity index is 202. The second-order valence-electron chi connectivity index (χ2n) is 6.30. The molecule has 0 aliphatic heterocycles. The lowest BCUT2D eigenvalue weighted by molar-refractivity contribution is 0.143. The van der Waals surface area contributed by atoms with Gasteiger partial charge in [-0.1, -0.05) is 52.0 Å². The van der Waals surface area contributed by atoms with E-state index in [1.165, 1.54) is 70.8 Å². The van der Waals surface area contributed by atoms with Crippen LogP contribution in [0.3, 0.4) is 0 Å². The van der Waals surface area contributed by atoms with Crippen LogP contribution in [0.4, 0.5) is 0 Å². The summed E-state index contributed by atoms with van der Waals surface area (Å²) >= 11 is 0. The third kappa shape index (κ3) is 9.58.